The van der Waals surface area contributed by atoms with Crippen LogP contribution in [0.2, 0.25) is 10.2 Å². The molecule has 2 aromatic rings. The van der Waals surface area contributed by atoms with Gasteiger partial charge in [0.25, 0.3) is 0 Å². The number of carbonyl (C=O) groups is 1. The van der Waals surface area contributed by atoms with Crippen molar-refractivity contribution < 1.29 is 9.90 Å². The minimum atomic E-state index is -1.09. The van der Waals surface area contributed by atoms with Gasteiger partial charge in [0.15, 0.2) is 0 Å². The van der Waals surface area contributed by atoms with Crippen molar-refractivity contribution in [1.82, 2.24) is 9.97 Å². The lowest BCUT2D eigenvalue weighted by molar-refractivity contribution is 0.0695. The number of pyridine rings is 2. The number of aryl methyl sites for hydroxylation is 1. The first-order valence-electron chi connectivity index (χ1n) is 4.91. The molecule has 1 N–H and O–H groups in total. The number of rotatable bonds is 2. The monoisotopic (exact) mass is 270 g/mol. The van der Waals surface area contributed by atoms with Crippen LogP contribution < -0.4 is 0 Å². The van der Waals surface area contributed by atoms with Gasteiger partial charge in [-0.3, -0.25) is 4.98 Å². The Hall–Kier alpha value is -1.39. The first-order valence-corrected chi connectivity index (χ1v) is 5.67. The lowest BCUT2D eigenvalue weighted by atomic mass is 10.1. The van der Waals surface area contributed by atoms with Crippen LogP contribution in [0.3, 0.4) is 0 Å². The lowest BCUT2D eigenvalue weighted by Crippen LogP contribution is -2.06. The second-order valence-corrected chi connectivity index (χ2v) is 4.20. The molecule has 0 fully saturated rings. The maximum absolute atomic E-state index is 11.1. The van der Waals surface area contributed by atoms with Gasteiger partial charge in [-0.15, -0.1) is 0 Å². The highest BCUT2D eigenvalue weighted by molar-refractivity contribution is 6.38. The molecule has 0 aliphatic rings. The molecule has 0 saturated heterocycles. The van der Waals surface area contributed by atoms with Crippen molar-refractivity contribution in [2.24, 2.45) is 0 Å². The minimum Gasteiger partial charge on any atom is -0.478 e. The van der Waals surface area contributed by atoms with Crippen LogP contribution in [0.15, 0.2) is 12.3 Å². The third-order valence-electron chi connectivity index (χ3n) is 2.40. The summed E-state index contributed by atoms with van der Waals surface area (Å²) in [6.07, 6.45) is 1.91. The molecule has 0 aliphatic heterocycles. The molecule has 6 heteroatoms. The molecule has 0 amide bonds. The second kappa shape index (κ2) is 4.47. The molecular weight excluding hydrogens is 263 g/mol. The van der Waals surface area contributed by atoms with Crippen LogP contribution in [0.5, 0.6) is 0 Å². The van der Waals surface area contributed by atoms with Crippen LogP contribution in [0.4, 0.5) is 0 Å². The summed E-state index contributed by atoms with van der Waals surface area (Å²) in [7, 11) is 0. The van der Waals surface area contributed by atoms with Gasteiger partial charge in [-0.1, -0.05) is 30.1 Å². The van der Waals surface area contributed by atoms with Crippen LogP contribution in [-0.4, -0.2) is 21.0 Å². The van der Waals surface area contributed by atoms with Crippen LogP contribution >= 0.6 is 23.2 Å². The zero-order valence-electron chi connectivity index (χ0n) is 8.87. The van der Waals surface area contributed by atoms with Crippen molar-refractivity contribution in [2.45, 2.75) is 13.3 Å². The molecular formula is C11H8Cl2N2O2. The molecule has 0 saturated carbocycles. The second-order valence-electron chi connectivity index (χ2n) is 3.43. The number of hydrogen-bond acceptors (Lipinski definition) is 3. The van der Waals surface area contributed by atoms with E-state index in [9.17, 15) is 4.79 Å². The topological polar surface area (TPSA) is 63.1 Å². The van der Waals surface area contributed by atoms with Crippen LogP contribution in [0, 0.1) is 0 Å². The molecule has 4 nitrogen and oxygen atoms in total. The summed E-state index contributed by atoms with van der Waals surface area (Å²) < 4.78 is 0. The van der Waals surface area contributed by atoms with Gasteiger partial charge < -0.3 is 5.11 Å². The van der Waals surface area contributed by atoms with Gasteiger partial charge in [0.1, 0.15) is 10.7 Å². The Kier molecular flexibility index (Phi) is 3.17. The number of aromatic nitrogens is 2. The Morgan fingerprint density at radius 2 is 2.18 bits per heavy atom. The zero-order valence-corrected chi connectivity index (χ0v) is 10.4. The van der Waals surface area contributed by atoms with E-state index in [-0.39, 0.29) is 10.6 Å². The highest BCUT2D eigenvalue weighted by Crippen LogP contribution is 2.29. The molecule has 17 heavy (non-hydrogen) atoms. The van der Waals surface area contributed by atoms with Crippen molar-refractivity contribution in [2.75, 3.05) is 0 Å². The fourth-order valence-corrected chi connectivity index (χ4v) is 2.11. The van der Waals surface area contributed by atoms with Gasteiger partial charge in [0.05, 0.1) is 16.2 Å². The van der Waals surface area contributed by atoms with Gasteiger partial charge in [0, 0.05) is 17.6 Å². The fourth-order valence-electron chi connectivity index (χ4n) is 1.62. The summed E-state index contributed by atoms with van der Waals surface area (Å²) in [6.45, 7) is 1.82. The highest BCUT2D eigenvalue weighted by atomic mass is 35.5. The van der Waals surface area contributed by atoms with Crippen LogP contribution in [-0.2, 0) is 6.42 Å². The average Bonchev–Trinajstić information content (AvgIpc) is 2.27. The first-order chi connectivity index (χ1) is 8.04. The van der Waals surface area contributed by atoms with E-state index in [0.29, 0.717) is 28.2 Å². The number of carboxylic acids is 1. The Morgan fingerprint density at radius 1 is 1.47 bits per heavy atom. The maximum atomic E-state index is 11.1. The molecule has 0 aromatic carbocycles. The Labute approximate surface area is 107 Å². The van der Waals surface area contributed by atoms with Gasteiger partial charge >= 0.3 is 5.97 Å². The normalized spacial score (nSPS) is 10.8. The Bertz CT molecular complexity index is 614. The third-order valence-corrected chi connectivity index (χ3v) is 3.00. The van der Waals surface area contributed by atoms with E-state index in [0.717, 1.165) is 0 Å². The summed E-state index contributed by atoms with van der Waals surface area (Å²) >= 11 is 11.8. The number of carboxylic acid groups (broad SMARTS) is 1. The number of fused-ring (bicyclic) bond motifs is 1. The molecule has 2 rings (SSSR count). The van der Waals surface area contributed by atoms with Gasteiger partial charge in [0.2, 0.25) is 0 Å². The van der Waals surface area contributed by atoms with Gasteiger partial charge in [-0.2, -0.15) is 0 Å². The summed E-state index contributed by atoms with van der Waals surface area (Å²) in [5.41, 5.74) is 1.03. The van der Waals surface area contributed by atoms with Crippen molar-refractivity contribution in [3.63, 3.8) is 0 Å². The first kappa shape index (κ1) is 12.1. The number of nitrogens with zero attached hydrogens (tertiary/aromatic N) is 2. The number of hydrogen-bond donors (Lipinski definition) is 1. The molecule has 0 spiro atoms. The molecule has 0 aliphatic carbocycles. The van der Waals surface area contributed by atoms with E-state index in [2.05, 4.69) is 9.97 Å². The SMILES string of the molecule is CCc1nc2cc(Cl)ncc2c(Cl)c1C(=O)O. The van der Waals surface area contributed by atoms with Crippen molar-refractivity contribution in [1.29, 1.82) is 0 Å². The van der Waals surface area contributed by atoms with Crippen molar-refractivity contribution >= 4 is 40.1 Å². The summed E-state index contributed by atoms with van der Waals surface area (Å²) in [6, 6.07) is 1.56. The van der Waals surface area contributed by atoms with Gasteiger partial charge in [-0.05, 0) is 6.42 Å². The third kappa shape index (κ3) is 2.06. The summed E-state index contributed by atoms with van der Waals surface area (Å²) in [5, 5.41) is 10.1. The predicted molar refractivity (Wildman–Crippen MR) is 65.9 cm³/mol. The van der Waals surface area contributed by atoms with E-state index in [1.54, 1.807) is 6.07 Å². The van der Waals surface area contributed by atoms with E-state index in [1.165, 1.54) is 6.20 Å². The predicted octanol–water partition coefficient (Wildman–Crippen LogP) is 3.20. The van der Waals surface area contributed by atoms with E-state index in [1.807, 2.05) is 6.92 Å². The van der Waals surface area contributed by atoms with Crippen molar-refractivity contribution in [3.05, 3.63) is 33.7 Å². The molecule has 0 bridgehead atoms. The van der Waals surface area contributed by atoms with E-state index >= 15 is 0 Å². The standard InChI is InChI=1S/C11H8Cl2N2O2/c1-2-6-9(11(16)17)10(13)5-4-14-8(12)3-7(5)15-6/h3-4H,2H2,1H3,(H,16,17). The lowest BCUT2D eigenvalue weighted by Gasteiger charge is -2.08. The molecule has 2 heterocycles. The maximum Gasteiger partial charge on any atom is 0.339 e. The largest absolute Gasteiger partial charge is 0.478 e. The molecule has 0 atom stereocenters. The molecule has 88 valence electrons. The molecule has 2 aromatic heterocycles. The molecule has 0 radical (unpaired) electrons. The average molecular weight is 271 g/mol. The molecule has 0 unspecified atom stereocenters. The number of aromatic carboxylic acids is 1. The van der Waals surface area contributed by atoms with Crippen molar-refractivity contribution in [3.8, 4) is 0 Å². The smallest absolute Gasteiger partial charge is 0.339 e. The quantitative estimate of drug-likeness (QED) is 0.852. The van der Waals surface area contributed by atoms with Crippen LogP contribution in [0.25, 0.3) is 10.9 Å². The zero-order chi connectivity index (χ0) is 12.6. The minimum absolute atomic E-state index is 0.0331. The van der Waals surface area contributed by atoms with E-state index < -0.39 is 5.97 Å². The Balaban J connectivity index is 2.87. The fraction of sp³-hybridized carbons (Fsp3) is 0.182. The Morgan fingerprint density at radius 3 is 2.76 bits per heavy atom. The van der Waals surface area contributed by atoms with Crippen LogP contribution in [0.1, 0.15) is 23.0 Å². The summed E-state index contributed by atoms with van der Waals surface area (Å²) in [4.78, 5) is 19.3. The highest BCUT2D eigenvalue weighted by Gasteiger charge is 2.18. The van der Waals surface area contributed by atoms with E-state index in [4.69, 9.17) is 28.3 Å². The van der Waals surface area contributed by atoms with Gasteiger partial charge in [-0.25, -0.2) is 9.78 Å². The summed E-state index contributed by atoms with van der Waals surface area (Å²) in [5.74, 6) is -1.09. The number of halogens is 2.